The molecule has 19 heavy (non-hydrogen) atoms. The summed E-state index contributed by atoms with van der Waals surface area (Å²) in [6, 6.07) is 4.21. The van der Waals surface area contributed by atoms with Crippen LogP contribution < -0.4 is 5.32 Å². The molecule has 0 radical (unpaired) electrons. The van der Waals surface area contributed by atoms with Crippen LogP contribution in [0.25, 0.3) is 0 Å². The summed E-state index contributed by atoms with van der Waals surface area (Å²) in [6.07, 6.45) is 0.803. The van der Waals surface area contributed by atoms with Crippen LogP contribution in [0, 0.1) is 6.92 Å². The molecular formula is C14H22N2O2S. The number of hydrogen-bond donors (Lipinski definition) is 1. The minimum atomic E-state index is -0.0771. The maximum atomic E-state index is 12.5. The molecule has 0 spiro atoms. The van der Waals surface area contributed by atoms with E-state index >= 15 is 0 Å². The Balaban J connectivity index is 2.26. The average Bonchev–Trinajstić information content (AvgIpc) is 2.93. The number of thiophene rings is 1. The first-order valence-corrected chi connectivity index (χ1v) is 7.53. The van der Waals surface area contributed by atoms with Gasteiger partial charge in [0.25, 0.3) is 0 Å². The van der Waals surface area contributed by atoms with Gasteiger partial charge in [0.2, 0.25) is 5.91 Å². The van der Waals surface area contributed by atoms with E-state index in [0.717, 1.165) is 6.42 Å². The Kier molecular flexibility index (Phi) is 4.60. The van der Waals surface area contributed by atoms with Gasteiger partial charge >= 0.3 is 0 Å². The topological polar surface area (TPSA) is 41.6 Å². The number of ether oxygens (including phenoxy) is 1. The zero-order valence-corrected chi connectivity index (χ0v) is 12.8. The normalized spacial score (nSPS) is 25.1. The average molecular weight is 282 g/mol. The van der Waals surface area contributed by atoms with Crippen molar-refractivity contribution < 1.29 is 9.53 Å². The molecule has 106 valence electrons. The molecule has 1 aromatic rings. The van der Waals surface area contributed by atoms with Crippen LogP contribution in [0.3, 0.4) is 0 Å². The summed E-state index contributed by atoms with van der Waals surface area (Å²) >= 11 is 1.74. The lowest BCUT2D eigenvalue weighted by Gasteiger charge is -2.29. The predicted octanol–water partition coefficient (Wildman–Crippen LogP) is 2.30. The lowest BCUT2D eigenvalue weighted by Crippen LogP contribution is -2.40. The van der Waals surface area contributed by atoms with E-state index in [0.29, 0.717) is 6.61 Å². The molecule has 2 rings (SSSR count). The summed E-state index contributed by atoms with van der Waals surface area (Å²) in [5, 5.41) is 3.44. The Bertz CT molecular complexity index is 446. The molecule has 5 heteroatoms. The van der Waals surface area contributed by atoms with Gasteiger partial charge in [-0.15, -0.1) is 11.3 Å². The molecule has 1 aromatic heterocycles. The van der Waals surface area contributed by atoms with E-state index in [2.05, 4.69) is 24.4 Å². The van der Waals surface area contributed by atoms with Gasteiger partial charge in [-0.3, -0.25) is 10.1 Å². The largest absolute Gasteiger partial charge is 0.383 e. The van der Waals surface area contributed by atoms with Crippen molar-refractivity contribution in [2.45, 2.75) is 45.4 Å². The highest BCUT2D eigenvalue weighted by molar-refractivity contribution is 7.12. The fourth-order valence-corrected chi connectivity index (χ4v) is 3.49. The standard InChI is InChI=1S/C14H22N2O2S/c1-5-11-14(17)16(9(2)8-18-4)13(15-11)12-7-6-10(3)19-12/h6-7,9,11,13,15H,5,8H2,1-4H3. The Morgan fingerprint density at radius 3 is 2.79 bits per heavy atom. The fourth-order valence-electron chi connectivity index (χ4n) is 2.55. The molecule has 0 saturated carbocycles. The van der Waals surface area contributed by atoms with Crippen molar-refractivity contribution in [1.29, 1.82) is 0 Å². The molecule has 4 nitrogen and oxygen atoms in total. The molecule has 3 atom stereocenters. The quantitative estimate of drug-likeness (QED) is 0.901. The Labute approximate surface area is 118 Å². The van der Waals surface area contributed by atoms with Gasteiger partial charge in [0.1, 0.15) is 6.17 Å². The van der Waals surface area contributed by atoms with Crippen LogP contribution in [0.1, 0.15) is 36.2 Å². The number of carbonyl (C=O) groups excluding carboxylic acids is 1. The lowest BCUT2D eigenvalue weighted by molar-refractivity contribution is -0.133. The highest BCUT2D eigenvalue weighted by Gasteiger charge is 2.41. The molecule has 0 aliphatic carbocycles. The third-order valence-corrected chi connectivity index (χ3v) is 4.56. The first-order valence-electron chi connectivity index (χ1n) is 6.72. The minimum absolute atomic E-state index is 0.0127. The summed E-state index contributed by atoms with van der Waals surface area (Å²) in [5.41, 5.74) is 0. The number of nitrogens with zero attached hydrogens (tertiary/aromatic N) is 1. The highest BCUT2D eigenvalue weighted by atomic mass is 32.1. The van der Waals surface area contributed by atoms with Gasteiger partial charge < -0.3 is 9.64 Å². The SMILES string of the molecule is CCC1NC(c2ccc(C)s2)N(C(C)COC)C1=O. The van der Waals surface area contributed by atoms with Gasteiger partial charge in [-0.1, -0.05) is 6.92 Å². The Morgan fingerprint density at radius 1 is 1.53 bits per heavy atom. The number of aryl methyl sites for hydroxylation is 1. The van der Waals surface area contributed by atoms with Crippen LogP contribution >= 0.6 is 11.3 Å². The minimum Gasteiger partial charge on any atom is -0.383 e. The van der Waals surface area contributed by atoms with E-state index in [1.54, 1.807) is 18.4 Å². The van der Waals surface area contributed by atoms with Crippen molar-refractivity contribution in [3.63, 3.8) is 0 Å². The summed E-state index contributed by atoms with van der Waals surface area (Å²) in [7, 11) is 1.67. The monoisotopic (exact) mass is 282 g/mol. The number of hydrogen-bond acceptors (Lipinski definition) is 4. The van der Waals surface area contributed by atoms with Crippen molar-refractivity contribution in [2.75, 3.05) is 13.7 Å². The number of rotatable bonds is 5. The summed E-state index contributed by atoms with van der Waals surface area (Å²) in [4.78, 5) is 16.9. The molecule has 3 unspecified atom stereocenters. The van der Waals surface area contributed by atoms with E-state index in [4.69, 9.17) is 4.74 Å². The molecule has 0 aromatic carbocycles. The molecule has 2 heterocycles. The van der Waals surface area contributed by atoms with Crippen molar-refractivity contribution >= 4 is 17.2 Å². The van der Waals surface area contributed by atoms with Crippen LogP contribution in [0.2, 0.25) is 0 Å². The van der Waals surface area contributed by atoms with Gasteiger partial charge in [-0.05, 0) is 32.4 Å². The van der Waals surface area contributed by atoms with Gasteiger partial charge in [0.05, 0.1) is 18.7 Å². The second-order valence-electron chi connectivity index (χ2n) is 5.03. The van der Waals surface area contributed by atoms with E-state index in [-0.39, 0.29) is 24.2 Å². The molecule has 1 amide bonds. The van der Waals surface area contributed by atoms with Crippen molar-refractivity contribution in [1.82, 2.24) is 10.2 Å². The van der Waals surface area contributed by atoms with Crippen molar-refractivity contribution in [3.05, 3.63) is 21.9 Å². The smallest absolute Gasteiger partial charge is 0.241 e. The maximum absolute atomic E-state index is 12.5. The lowest BCUT2D eigenvalue weighted by atomic mass is 10.2. The molecule has 1 N–H and O–H groups in total. The molecule has 1 saturated heterocycles. The van der Waals surface area contributed by atoms with Crippen LogP contribution in [-0.2, 0) is 9.53 Å². The molecule has 1 aliphatic heterocycles. The third-order valence-electron chi connectivity index (χ3n) is 3.51. The van der Waals surface area contributed by atoms with Crippen LogP contribution in [0.15, 0.2) is 12.1 Å². The predicted molar refractivity (Wildman–Crippen MR) is 77.2 cm³/mol. The zero-order chi connectivity index (χ0) is 14.0. The summed E-state index contributed by atoms with van der Waals surface area (Å²) in [6.45, 7) is 6.72. The van der Waals surface area contributed by atoms with E-state index < -0.39 is 0 Å². The maximum Gasteiger partial charge on any atom is 0.241 e. The van der Waals surface area contributed by atoms with Gasteiger partial charge in [0, 0.05) is 16.9 Å². The molecule has 1 fully saturated rings. The fraction of sp³-hybridized carbons (Fsp3) is 0.643. The van der Waals surface area contributed by atoms with Crippen LogP contribution in [0.5, 0.6) is 0 Å². The molecule has 1 aliphatic rings. The van der Waals surface area contributed by atoms with E-state index in [9.17, 15) is 4.79 Å². The second-order valence-corrected chi connectivity index (χ2v) is 6.35. The number of nitrogens with one attached hydrogen (secondary N) is 1. The number of methoxy groups -OCH3 is 1. The molecular weight excluding hydrogens is 260 g/mol. The zero-order valence-electron chi connectivity index (χ0n) is 12.0. The van der Waals surface area contributed by atoms with Gasteiger partial charge in [-0.2, -0.15) is 0 Å². The first kappa shape index (κ1) is 14.5. The third kappa shape index (κ3) is 2.83. The van der Waals surface area contributed by atoms with E-state index in [1.165, 1.54) is 9.75 Å². The van der Waals surface area contributed by atoms with Crippen molar-refractivity contribution in [2.24, 2.45) is 0 Å². The van der Waals surface area contributed by atoms with Crippen LogP contribution in [-0.4, -0.2) is 36.6 Å². The summed E-state index contributed by atoms with van der Waals surface area (Å²) in [5.74, 6) is 0.183. The van der Waals surface area contributed by atoms with Crippen molar-refractivity contribution in [3.8, 4) is 0 Å². The summed E-state index contributed by atoms with van der Waals surface area (Å²) < 4.78 is 5.20. The Morgan fingerprint density at radius 2 is 2.26 bits per heavy atom. The highest BCUT2D eigenvalue weighted by Crippen LogP contribution is 2.32. The second kappa shape index (κ2) is 6.03. The molecule has 0 bridgehead atoms. The number of carbonyl (C=O) groups is 1. The van der Waals surface area contributed by atoms with Gasteiger partial charge in [0.15, 0.2) is 0 Å². The van der Waals surface area contributed by atoms with Crippen LogP contribution in [0.4, 0.5) is 0 Å². The van der Waals surface area contributed by atoms with E-state index in [1.807, 2.05) is 18.7 Å². The van der Waals surface area contributed by atoms with Gasteiger partial charge in [-0.25, -0.2) is 0 Å². The number of amides is 1. The Hall–Kier alpha value is -0.910. The first-order chi connectivity index (χ1) is 9.08.